The molecule has 2 nitrogen and oxygen atoms in total. The highest BCUT2D eigenvalue weighted by atomic mass is 35.5. The van der Waals surface area contributed by atoms with Crippen molar-refractivity contribution >= 4 is 34.6 Å². The molecule has 0 unspecified atom stereocenters. The molecule has 2 aromatic rings. The lowest BCUT2D eigenvalue weighted by molar-refractivity contribution is 0.627. The van der Waals surface area contributed by atoms with Crippen LogP contribution in [0, 0.1) is 12.7 Å². The van der Waals surface area contributed by atoms with E-state index < -0.39 is 0 Å². The quantitative estimate of drug-likeness (QED) is 0.828. The van der Waals surface area contributed by atoms with E-state index in [0.717, 1.165) is 16.8 Å². The van der Waals surface area contributed by atoms with Gasteiger partial charge in [-0.05, 0) is 54.5 Å². The number of hydrogen-bond donors (Lipinski definition) is 2. The van der Waals surface area contributed by atoms with E-state index in [4.69, 9.17) is 23.8 Å². The summed E-state index contributed by atoms with van der Waals surface area (Å²) in [6.07, 6.45) is 0. The second-order valence-corrected chi connectivity index (χ2v) is 5.23. The third-order valence-electron chi connectivity index (χ3n) is 2.74. The van der Waals surface area contributed by atoms with Gasteiger partial charge in [0.1, 0.15) is 5.82 Å². The van der Waals surface area contributed by atoms with E-state index in [1.807, 2.05) is 25.1 Å². The highest BCUT2D eigenvalue weighted by molar-refractivity contribution is 7.80. The third kappa shape index (κ3) is 4.18. The van der Waals surface area contributed by atoms with E-state index >= 15 is 0 Å². The second-order valence-electron chi connectivity index (χ2n) is 4.42. The molecule has 0 aliphatic heterocycles. The number of thiocarbonyl (C=S) groups is 1. The van der Waals surface area contributed by atoms with E-state index in [9.17, 15) is 4.39 Å². The Morgan fingerprint density at radius 1 is 1.20 bits per heavy atom. The van der Waals surface area contributed by atoms with Gasteiger partial charge in [-0.1, -0.05) is 29.8 Å². The molecule has 0 heterocycles. The van der Waals surface area contributed by atoms with Crippen molar-refractivity contribution < 1.29 is 4.39 Å². The van der Waals surface area contributed by atoms with E-state index in [0.29, 0.717) is 16.7 Å². The standard InChI is InChI=1S/C15H14ClFN2S/c1-10-2-7-14(13(16)8-10)19-15(20)18-9-11-3-5-12(17)6-4-11/h2-8H,9H2,1H3,(H2,18,19,20). The fraction of sp³-hybridized carbons (Fsp3) is 0.133. The summed E-state index contributed by atoms with van der Waals surface area (Å²) in [5, 5.41) is 7.17. The fourth-order valence-corrected chi connectivity index (χ4v) is 2.14. The highest BCUT2D eigenvalue weighted by Crippen LogP contribution is 2.22. The molecule has 104 valence electrons. The van der Waals surface area contributed by atoms with Crippen molar-refractivity contribution in [2.24, 2.45) is 0 Å². The average molecular weight is 309 g/mol. The maximum Gasteiger partial charge on any atom is 0.171 e. The summed E-state index contributed by atoms with van der Waals surface area (Å²) in [6.45, 7) is 2.50. The van der Waals surface area contributed by atoms with E-state index in [1.165, 1.54) is 12.1 Å². The molecule has 0 radical (unpaired) electrons. The summed E-state index contributed by atoms with van der Waals surface area (Å²) in [5.41, 5.74) is 2.80. The first-order valence-electron chi connectivity index (χ1n) is 6.10. The highest BCUT2D eigenvalue weighted by Gasteiger charge is 2.03. The van der Waals surface area contributed by atoms with Crippen LogP contribution in [0.25, 0.3) is 0 Å². The normalized spacial score (nSPS) is 10.2. The molecule has 0 saturated heterocycles. The Morgan fingerprint density at radius 3 is 2.55 bits per heavy atom. The first kappa shape index (κ1) is 14.8. The zero-order chi connectivity index (χ0) is 14.5. The number of rotatable bonds is 3. The van der Waals surface area contributed by atoms with Crippen LogP contribution < -0.4 is 10.6 Å². The van der Waals surface area contributed by atoms with Crippen molar-refractivity contribution in [2.45, 2.75) is 13.5 Å². The number of hydrogen-bond acceptors (Lipinski definition) is 1. The topological polar surface area (TPSA) is 24.1 Å². The molecule has 0 aliphatic carbocycles. The van der Waals surface area contributed by atoms with Crippen molar-refractivity contribution in [1.82, 2.24) is 5.32 Å². The molecule has 0 saturated carbocycles. The van der Waals surface area contributed by atoms with Crippen molar-refractivity contribution in [1.29, 1.82) is 0 Å². The Bertz CT molecular complexity index is 614. The van der Waals surface area contributed by atoms with Gasteiger partial charge in [0.15, 0.2) is 5.11 Å². The van der Waals surface area contributed by atoms with Gasteiger partial charge >= 0.3 is 0 Å². The van der Waals surface area contributed by atoms with Crippen LogP contribution in [0.4, 0.5) is 10.1 Å². The molecule has 0 aliphatic rings. The minimum Gasteiger partial charge on any atom is -0.358 e. The number of benzene rings is 2. The molecule has 0 spiro atoms. The zero-order valence-corrected chi connectivity index (χ0v) is 12.5. The summed E-state index contributed by atoms with van der Waals surface area (Å²) in [7, 11) is 0. The summed E-state index contributed by atoms with van der Waals surface area (Å²) < 4.78 is 12.8. The van der Waals surface area contributed by atoms with Crippen LogP contribution in [-0.2, 0) is 6.54 Å². The van der Waals surface area contributed by atoms with Crippen LogP contribution in [0.3, 0.4) is 0 Å². The lowest BCUT2D eigenvalue weighted by Crippen LogP contribution is -2.28. The number of anilines is 1. The van der Waals surface area contributed by atoms with E-state index in [-0.39, 0.29) is 5.82 Å². The molecular formula is C15H14ClFN2S. The van der Waals surface area contributed by atoms with Gasteiger partial charge in [0, 0.05) is 6.54 Å². The number of nitrogens with one attached hydrogen (secondary N) is 2. The molecule has 2 N–H and O–H groups in total. The SMILES string of the molecule is Cc1ccc(NC(=S)NCc2ccc(F)cc2)c(Cl)c1. The van der Waals surface area contributed by atoms with Crippen LogP contribution in [0.15, 0.2) is 42.5 Å². The van der Waals surface area contributed by atoms with Gasteiger partial charge < -0.3 is 10.6 Å². The molecule has 0 aromatic heterocycles. The van der Waals surface area contributed by atoms with Crippen molar-refractivity contribution in [3.8, 4) is 0 Å². The second kappa shape index (κ2) is 6.68. The lowest BCUT2D eigenvalue weighted by atomic mass is 10.2. The van der Waals surface area contributed by atoms with Crippen molar-refractivity contribution in [3.05, 3.63) is 64.4 Å². The lowest BCUT2D eigenvalue weighted by Gasteiger charge is -2.12. The minimum atomic E-state index is -0.249. The van der Waals surface area contributed by atoms with Crippen LogP contribution in [-0.4, -0.2) is 5.11 Å². The Kier molecular flexibility index (Phi) is 4.93. The van der Waals surface area contributed by atoms with Crippen LogP contribution in [0.2, 0.25) is 5.02 Å². The summed E-state index contributed by atoms with van der Waals surface area (Å²) in [5.74, 6) is -0.249. The monoisotopic (exact) mass is 308 g/mol. The first-order valence-corrected chi connectivity index (χ1v) is 6.88. The Balaban J connectivity index is 1.90. The van der Waals surface area contributed by atoms with E-state index in [2.05, 4.69) is 10.6 Å². The van der Waals surface area contributed by atoms with Gasteiger partial charge in [0.2, 0.25) is 0 Å². The predicted molar refractivity (Wildman–Crippen MR) is 85.6 cm³/mol. The molecule has 0 bridgehead atoms. The summed E-state index contributed by atoms with van der Waals surface area (Å²) in [6, 6.07) is 12.0. The Morgan fingerprint density at radius 2 is 1.90 bits per heavy atom. The van der Waals surface area contributed by atoms with Gasteiger partial charge in [-0.25, -0.2) is 4.39 Å². The predicted octanol–water partition coefficient (Wildman–Crippen LogP) is 4.27. The maximum atomic E-state index is 12.8. The summed E-state index contributed by atoms with van der Waals surface area (Å²) >= 11 is 11.3. The minimum absolute atomic E-state index is 0.249. The molecule has 0 fully saturated rings. The average Bonchev–Trinajstić information content (AvgIpc) is 2.41. The number of aryl methyl sites for hydroxylation is 1. The zero-order valence-electron chi connectivity index (χ0n) is 10.9. The molecule has 2 aromatic carbocycles. The third-order valence-corrected chi connectivity index (χ3v) is 3.30. The Hall–Kier alpha value is -1.65. The molecule has 0 atom stereocenters. The van der Waals surface area contributed by atoms with Gasteiger partial charge in [-0.3, -0.25) is 0 Å². The fourth-order valence-electron chi connectivity index (χ4n) is 1.67. The first-order chi connectivity index (χ1) is 9.54. The Labute approximate surface area is 128 Å². The maximum absolute atomic E-state index is 12.8. The van der Waals surface area contributed by atoms with Gasteiger partial charge in [0.05, 0.1) is 10.7 Å². The van der Waals surface area contributed by atoms with Crippen LogP contribution in [0.1, 0.15) is 11.1 Å². The van der Waals surface area contributed by atoms with Gasteiger partial charge in [-0.15, -0.1) is 0 Å². The molecule has 2 rings (SSSR count). The smallest absolute Gasteiger partial charge is 0.171 e. The van der Waals surface area contributed by atoms with Crippen LogP contribution in [0.5, 0.6) is 0 Å². The molecule has 5 heteroatoms. The van der Waals surface area contributed by atoms with Crippen molar-refractivity contribution in [2.75, 3.05) is 5.32 Å². The van der Waals surface area contributed by atoms with Crippen molar-refractivity contribution in [3.63, 3.8) is 0 Å². The largest absolute Gasteiger partial charge is 0.358 e. The van der Waals surface area contributed by atoms with Gasteiger partial charge in [0.25, 0.3) is 0 Å². The number of halogens is 2. The molecular weight excluding hydrogens is 295 g/mol. The summed E-state index contributed by atoms with van der Waals surface area (Å²) in [4.78, 5) is 0. The van der Waals surface area contributed by atoms with Crippen LogP contribution >= 0.6 is 23.8 Å². The van der Waals surface area contributed by atoms with E-state index in [1.54, 1.807) is 12.1 Å². The molecule has 0 amide bonds. The molecule has 20 heavy (non-hydrogen) atoms. The van der Waals surface area contributed by atoms with Gasteiger partial charge in [-0.2, -0.15) is 0 Å².